The highest BCUT2D eigenvalue weighted by molar-refractivity contribution is 5.85. The van der Waals surface area contributed by atoms with Crippen LogP contribution in [-0.2, 0) is 6.54 Å². The monoisotopic (exact) mass is 233 g/mol. The quantitative estimate of drug-likeness (QED) is 0.809. The average molecular weight is 234 g/mol. The van der Waals surface area contributed by atoms with E-state index in [9.17, 15) is 8.78 Å². The molecule has 15 heavy (non-hydrogen) atoms. The summed E-state index contributed by atoms with van der Waals surface area (Å²) >= 11 is 0. The molecule has 0 aliphatic rings. The van der Waals surface area contributed by atoms with Gasteiger partial charge in [-0.1, -0.05) is 0 Å². The van der Waals surface area contributed by atoms with Crippen molar-refractivity contribution in [3.63, 3.8) is 0 Å². The van der Waals surface area contributed by atoms with E-state index in [4.69, 9.17) is 5.73 Å². The zero-order valence-corrected chi connectivity index (χ0v) is 8.55. The molecule has 1 aromatic heterocycles. The number of fused-ring (bicyclic) bond motifs is 1. The van der Waals surface area contributed by atoms with Crippen LogP contribution in [0.2, 0.25) is 0 Å². The van der Waals surface area contributed by atoms with Crippen molar-refractivity contribution in [3.8, 4) is 0 Å². The molecule has 0 fully saturated rings. The lowest BCUT2D eigenvalue weighted by molar-refractivity contribution is 0.128. The topological polar surface area (TPSA) is 43.8 Å². The van der Waals surface area contributed by atoms with Crippen LogP contribution in [0.5, 0.6) is 0 Å². The minimum absolute atomic E-state index is 0. The smallest absolute Gasteiger partial charge is 0.256 e. The summed E-state index contributed by atoms with van der Waals surface area (Å²) in [7, 11) is 0. The maximum absolute atomic E-state index is 12.1. The van der Waals surface area contributed by atoms with Gasteiger partial charge in [-0.3, -0.25) is 0 Å². The average Bonchev–Trinajstić information content (AvgIpc) is 2.47. The van der Waals surface area contributed by atoms with Crippen molar-refractivity contribution in [2.24, 2.45) is 0 Å². The maximum Gasteiger partial charge on any atom is 0.256 e. The molecular formula is C9H10ClF2N3. The molecule has 0 aliphatic heterocycles. The summed E-state index contributed by atoms with van der Waals surface area (Å²) in [6, 6.07) is 5.03. The first-order valence-corrected chi connectivity index (χ1v) is 4.15. The van der Waals surface area contributed by atoms with Crippen LogP contribution in [0.1, 0.15) is 0 Å². The number of hydrogen-bond donors (Lipinski definition) is 1. The van der Waals surface area contributed by atoms with Crippen molar-refractivity contribution >= 4 is 29.1 Å². The molecule has 1 aromatic carbocycles. The van der Waals surface area contributed by atoms with Crippen molar-refractivity contribution in [2.45, 2.75) is 13.0 Å². The van der Waals surface area contributed by atoms with Gasteiger partial charge in [0, 0.05) is 5.69 Å². The Morgan fingerprint density at radius 2 is 2.13 bits per heavy atom. The summed E-state index contributed by atoms with van der Waals surface area (Å²) in [4.78, 5) is 3.98. The van der Waals surface area contributed by atoms with E-state index in [0.717, 1.165) is 0 Å². The van der Waals surface area contributed by atoms with E-state index < -0.39 is 6.43 Å². The molecule has 3 nitrogen and oxygen atoms in total. The summed E-state index contributed by atoms with van der Waals surface area (Å²) < 4.78 is 25.7. The first kappa shape index (κ1) is 11.7. The number of aromatic nitrogens is 2. The van der Waals surface area contributed by atoms with Gasteiger partial charge in [0.2, 0.25) is 0 Å². The molecule has 0 radical (unpaired) electrons. The van der Waals surface area contributed by atoms with Crippen molar-refractivity contribution in [2.75, 3.05) is 5.73 Å². The minimum Gasteiger partial charge on any atom is -0.399 e. The molecule has 2 aromatic rings. The highest BCUT2D eigenvalue weighted by atomic mass is 35.5. The second kappa shape index (κ2) is 4.44. The van der Waals surface area contributed by atoms with Crippen molar-refractivity contribution < 1.29 is 8.78 Å². The Labute approximate surface area is 91.3 Å². The lowest BCUT2D eigenvalue weighted by Crippen LogP contribution is -2.04. The Kier molecular flexibility index (Phi) is 3.47. The third kappa shape index (κ3) is 2.36. The van der Waals surface area contributed by atoms with Gasteiger partial charge in [0.05, 0.1) is 23.9 Å². The largest absolute Gasteiger partial charge is 0.399 e. The fourth-order valence-corrected chi connectivity index (χ4v) is 1.38. The standard InChI is InChI=1S/C9H9F2N3.ClH/c10-9(11)4-14-5-13-7-3-6(12)1-2-8(7)14;/h1-3,5,9H,4,12H2;1H. The second-order valence-electron chi connectivity index (χ2n) is 3.04. The number of anilines is 1. The molecular weight excluding hydrogens is 224 g/mol. The molecule has 1 heterocycles. The van der Waals surface area contributed by atoms with Crippen LogP contribution in [0, 0.1) is 0 Å². The molecule has 0 saturated heterocycles. The zero-order valence-electron chi connectivity index (χ0n) is 7.73. The summed E-state index contributed by atoms with van der Waals surface area (Å²) in [6.45, 7) is -0.333. The normalized spacial score (nSPS) is 10.6. The molecule has 82 valence electrons. The number of nitrogen functional groups attached to an aromatic ring is 1. The first-order valence-electron chi connectivity index (χ1n) is 4.15. The van der Waals surface area contributed by atoms with Crippen LogP contribution in [0.15, 0.2) is 24.5 Å². The van der Waals surface area contributed by atoms with E-state index in [-0.39, 0.29) is 19.0 Å². The number of rotatable bonds is 2. The Balaban J connectivity index is 0.00000112. The lowest BCUT2D eigenvalue weighted by atomic mass is 10.3. The molecule has 0 bridgehead atoms. The molecule has 0 saturated carbocycles. The maximum atomic E-state index is 12.1. The molecule has 0 unspecified atom stereocenters. The van der Waals surface area contributed by atoms with Gasteiger partial charge in [-0.25, -0.2) is 13.8 Å². The first-order chi connectivity index (χ1) is 6.66. The Bertz CT molecular complexity index is 456. The van der Waals surface area contributed by atoms with Gasteiger partial charge in [-0.05, 0) is 18.2 Å². The molecule has 2 rings (SSSR count). The van der Waals surface area contributed by atoms with Gasteiger partial charge in [0.25, 0.3) is 6.43 Å². The van der Waals surface area contributed by atoms with Gasteiger partial charge in [0.1, 0.15) is 0 Å². The number of imidazole rings is 1. The Hall–Kier alpha value is -1.36. The summed E-state index contributed by atoms with van der Waals surface area (Å²) in [5.74, 6) is 0. The van der Waals surface area contributed by atoms with Crippen LogP contribution in [0.25, 0.3) is 11.0 Å². The third-order valence-corrected chi connectivity index (χ3v) is 1.98. The van der Waals surface area contributed by atoms with Gasteiger partial charge in [-0.2, -0.15) is 0 Å². The number of hydrogen-bond acceptors (Lipinski definition) is 2. The summed E-state index contributed by atoms with van der Waals surface area (Å²) in [6.07, 6.45) is -0.971. The van der Waals surface area contributed by atoms with Crippen molar-refractivity contribution in [3.05, 3.63) is 24.5 Å². The third-order valence-electron chi connectivity index (χ3n) is 1.98. The van der Waals surface area contributed by atoms with Crippen LogP contribution in [0.3, 0.4) is 0 Å². The van der Waals surface area contributed by atoms with Crippen LogP contribution >= 0.6 is 12.4 Å². The predicted octanol–water partition coefficient (Wildman–Crippen LogP) is 2.31. The molecule has 2 N–H and O–H groups in total. The predicted molar refractivity (Wildman–Crippen MR) is 57.4 cm³/mol. The van der Waals surface area contributed by atoms with E-state index >= 15 is 0 Å². The van der Waals surface area contributed by atoms with Crippen LogP contribution in [-0.4, -0.2) is 16.0 Å². The fourth-order valence-electron chi connectivity index (χ4n) is 1.38. The van der Waals surface area contributed by atoms with Crippen molar-refractivity contribution in [1.82, 2.24) is 9.55 Å². The fraction of sp³-hybridized carbons (Fsp3) is 0.222. The number of nitrogens with two attached hydrogens (primary N) is 1. The molecule has 0 atom stereocenters. The Morgan fingerprint density at radius 1 is 1.40 bits per heavy atom. The van der Waals surface area contributed by atoms with Gasteiger partial charge < -0.3 is 10.3 Å². The number of nitrogens with zero attached hydrogens (tertiary/aromatic N) is 2. The SMILES string of the molecule is Cl.Nc1ccc2c(c1)ncn2CC(F)F. The minimum atomic E-state index is -2.37. The van der Waals surface area contributed by atoms with E-state index in [0.29, 0.717) is 16.7 Å². The Morgan fingerprint density at radius 3 is 2.80 bits per heavy atom. The van der Waals surface area contributed by atoms with E-state index in [1.165, 1.54) is 10.9 Å². The number of benzene rings is 1. The second-order valence-corrected chi connectivity index (χ2v) is 3.04. The van der Waals surface area contributed by atoms with Gasteiger partial charge >= 0.3 is 0 Å². The highest BCUT2D eigenvalue weighted by Crippen LogP contribution is 2.16. The van der Waals surface area contributed by atoms with E-state index in [1.807, 2.05) is 0 Å². The molecule has 0 amide bonds. The summed E-state index contributed by atoms with van der Waals surface area (Å²) in [5, 5.41) is 0. The molecule has 0 aliphatic carbocycles. The molecule has 0 spiro atoms. The van der Waals surface area contributed by atoms with Gasteiger partial charge in [0.15, 0.2) is 0 Å². The van der Waals surface area contributed by atoms with Crippen molar-refractivity contribution in [1.29, 1.82) is 0 Å². The highest BCUT2D eigenvalue weighted by Gasteiger charge is 2.07. The zero-order chi connectivity index (χ0) is 10.1. The van der Waals surface area contributed by atoms with Crippen LogP contribution in [0.4, 0.5) is 14.5 Å². The van der Waals surface area contributed by atoms with E-state index in [2.05, 4.69) is 4.98 Å². The van der Waals surface area contributed by atoms with Gasteiger partial charge in [-0.15, -0.1) is 12.4 Å². The van der Waals surface area contributed by atoms with Crippen LogP contribution < -0.4 is 5.73 Å². The van der Waals surface area contributed by atoms with E-state index in [1.54, 1.807) is 18.2 Å². The summed E-state index contributed by atoms with van der Waals surface area (Å²) in [5.41, 5.74) is 7.44. The number of alkyl halides is 2. The lowest BCUT2D eigenvalue weighted by Gasteiger charge is -2.02. The molecule has 6 heteroatoms. The number of halogens is 3.